The molecule has 1 aliphatic carbocycles. The Morgan fingerprint density at radius 1 is 1.24 bits per heavy atom. The van der Waals surface area contributed by atoms with Crippen molar-refractivity contribution in [2.45, 2.75) is 82.3 Å². The predicted molar refractivity (Wildman–Crippen MR) is 145 cm³/mol. The van der Waals surface area contributed by atoms with Crippen molar-refractivity contribution in [2.75, 3.05) is 39.2 Å². The standard InChI is InChI=1S/C30H41FN4O3/c1-37-26-18-22(34-29-23(26)11-6-16-33-29)10-3-4-13-25(31)21-14-17-35(19-21)28(30(36)38-2)24-12-7-15-32-27(24)20-8-5-9-20/h7,12,15,18,20-21,25,28H,3-6,8-11,13-14,16-17,19H2,1-2H3,(H,33,34)/t21-,25?,28?/m1/s1. The SMILES string of the molecule is COC(=O)C(c1cccnc1C1CCC1)N1CC[C@@H](C(F)CCCCc2cc(OC)c3c(n2)NCCC3)C1. The number of anilines is 1. The Morgan fingerprint density at radius 2 is 2.11 bits per heavy atom. The summed E-state index contributed by atoms with van der Waals surface area (Å²) >= 11 is 0. The van der Waals surface area contributed by atoms with Crippen LogP contribution in [0.3, 0.4) is 0 Å². The molecule has 206 valence electrons. The van der Waals surface area contributed by atoms with E-state index in [2.05, 4.69) is 15.2 Å². The molecule has 1 saturated carbocycles. The first-order valence-corrected chi connectivity index (χ1v) is 14.3. The molecule has 1 saturated heterocycles. The highest BCUT2D eigenvalue weighted by molar-refractivity contribution is 5.78. The summed E-state index contributed by atoms with van der Waals surface area (Å²) in [5.74, 6) is 1.90. The molecule has 0 bridgehead atoms. The van der Waals surface area contributed by atoms with Crippen LogP contribution in [0.4, 0.5) is 10.2 Å². The Bertz CT molecular complexity index is 1090. The number of hydrogen-bond donors (Lipinski definition) is 1. The third-order valence-corrected chi connectivity index (χ3v) is 8.63. The van der Waals surface area contributed by atoms with Crippen LogP contribution in [0.2, 0.25) is 0 Å². The molecule has 0 radical (unpaired) electrons. The first-order valence-electron chi connectivity index (χ1n) is 14.3. The number of halogens is 1. The van der Waals surface area contributed by atoms with Crippen molar-refractivity contribution in [2.24, 2.45) is 5.92 Å². The van der Waals surface area contributed by atoms with Crippen molar-refractivity contribution in [3.8, 4) is 5.75 Å². The molecule has 2 aromatic rings. The number of rotatable bonds is 11. The molecule has 38 heavy (non-hydrogen) atoms. The maximum absolute atomic E-state index is 15.4. The number of nitrogens with zero attached hydrogens (tertiary/aromatic N) is 3. The second kappa shape index (κ2) is 12.4. The number of aromatic nitrogens is 2. The number of ether oxygens (including phenoxy) is 2. The average Bonchev–Trinajstić information content (AvgIpc) is 3.40. The van der Waals surface area contributed by atoms with Crippen molar-refractivity contribution in [3.63, 3.8) is 0 Å². The van der Waals surface area contributed by atoms with Gasteiger partial charge in [-0.1, -0.05) is 18.9 Å². The van der Waals surface area contributed by atoms with Gasteiger partial charge >= 0.3 is 5.97 Å². The van der Waals surface area contributed by atoms with E-state index in [1.165, 1.54) is 13.5 Å². The van der Waals surface area contributed by atoms with Gasteiger partial charge in [-0.2, -0.15) is 0 Å². The highest BCUT2D eigenvalue weighted by atomic mass is 19.1. The van der Waals surface area contributed by atoms with E-state index in [9.17, 15) is 4.79 Å². The molecule has 8 heteroatoms. The highest BCUT2D eigenvalue weighted by Gasteiger charge is 2.39. The monoisotopic (exact) mass is 524 g/mol. The topological polar surface area (TPSA) is 76.6 Å². The van der Waals surface area contributed by atoms with Gasteiger partial charge in [-0.3, -0.25) is 9.88 Å². The number of carbonyl (C=O) groups is 1. The van der Waals surface area contributed by atoms with Crippen LogP contribution in [-0.2, 0) is 22.4 Å². The molecule has 2 aromatic heterocycles. The summed E-state index contributed by atoms with van der Waals surface area (Å²) < 4.78 is 26.2. The number of unbranched alkanes of at least 4 members (excludes halogenated alkanes) is 1. The van der Waals surface area contributed by atoms with E-state index >= 15 is 4.39 Å². The molecule has 2 unspecified atom stereocenters. The molecule has 5 rings (SSSR count). The van der Waals surface area contributed by atoms with E-state index in [1.807, 2.05) is 24.4 Å². The fourth-order valence-corrected chi connectivity index (χ4v) is 6.26. The van der Waals surface area contributed by atoms with Crippen molar-refractivity contribution in [1.29, 1.82) is 0 Å². The lowest BCUT2D eigenvalue weighted by Gasteiger charge is -2.32. The molecule has 4 heterocycles. The number of likely N-dealkylation sites (tertiary alicyclic amines) is 1. The van der Waals surface area contributed by atoms with Gasteiger partial charge in [0, 0.05) is 59.7 Å². The lowest BCUT2D eigenvalue weighted by molar-refractivity contribution is -0.147. The van der Waals surface area contributed by atoms with Gasteiger partial charge in [0.2, 0.25) is 0 Å². The maximum atomic E-state index is 15.4. The third-order valence-electron chi connectivity index (χ3n) is 8.63. The summed E-state index contributed by atoms with van der Waals surface area (Å²) in [7, 11) is 3.14. The largest absolute Gasteiger partial charge is 0.496 e. The molecule has 3 atom stereocenters. The lowest BCUT2D eigenvalue weighted by Crippen LogP contribution is -2.35. The fraction of sp³-hybridized carbons (Fsp3) is 0.633. The minimum absolute atomic E-state index is 0.0721. The van der Waals surface area contributed by atoms with Gasteiger partial charge < -0.3 is 14.8 Å². The quantitative estimate of drug-likeness (QED) is 0.312. The first-order chi connectivity index (χ1) is 18.6. The molecule has 7 nitrogen and oxygen atoms in total. The number of fused-ring (bicyclic) bond motifs is 1. The second-order valence-corrected chi connectivity index (χ2v) is 11.0. The molecular formula is C30H41FN4O3. The van der Waals surface area contributed by atoms with Crippen LogP contribution in [0.25, 0.3) is 0 Å². The summed E-state index contributed by atoms with van der Waals surface area (Å²) in [4.78, 5) is 24.5. The number of hydrogen-bond acceptors (Lipinski definition) is 7. The van der Waals surface area contributed by atoms with Crippen molar-refractivity contribution in [1.82, 2.24) is 14.9 Å². The van der Waals surface area contributed by atoms with E-state index < -0.39 is 12.2 Å². The van der Waals surface area contributed by atoms with E-state index in [1.54, 1.807) is 7.11 Å². The molecule has 2 aliphatic heterocycles. The Labute approximate surface area is 225 Å². The fourth-order valence-electron chi connectivity index (χ4n) is 6.26. The number of esters is 1. The van der Waals surface area contributed by atoms with Crippen LogP contribution >= 0.6 is 0 Å². The molecule has 1 N–H and O–H groups in total. The number of aryl methyl sites for hydroxylation is 1. The summed E-state index contributed by atoms with van der Waals surface area (Å²) in [6.45, 7) is 2.19. The second-order valence-electron chi connectivity index (χ2n) is 11.0. The number of nitrogens with one attached hydrogen (secondary N) is 1. The molecule has 0 spiro atoms. The minimum Gasteiger partial charge on any atom is -0.496 e. The molecular weight excluding hydrogens is 483 g/mol. The number of carbonyl (C=O) groups excluding carboxylic acids is 1. The predicted octanol–water partition coefficient (Wildman–Crippen LogP) is 5.40. The Kier molecular flexibility index (Phi) is 8.77. The van der Waals surface area contributed by atoms with Gasteiger partial charge in [-0.15, -0.1) is 0 Å². The van der Waals surface area contributed by atoms with Crippen LogP contribution < -0.4 is 10.1 Å². The van der Waals surface area contributed by atoms with Crippen molar-refractivity contribution in [3.05, 3.63) is 46.9 Å². The zero-order valence-electron chi connectivity index (χ0n) is 22.8. The van der Waals surface area contributed by atoms with E-state index in [-0.39, 0.29) is 11.9 Å². The zero-order chi connectivity index (χ0) is 26.5. The normalized spacial score (nSPS) is 21.2. The van der Waals surface area contributed by atoms with Crippen LogP contribution in [-0.4, -0.2) is 60.9 Å². The van der Waals surface area contributed by atoms with Crippen molar-refractivity contribution >= 4 is 11.8 Å². The van der Waals surface area contributed by atoms with Crippen molar-refractivity contribution < 1.29 is 18.7 Å². The summed E-state index contributed by atoms with van der Waals surface area (Å²) in [6.07, 6.45) is 10.2. The first kappa shape index (κ1) is 26.9. The number of alkyl halides is 1. The highest BCUT2D eigenvalue weighted by Crippen LogP contribution is 2.41. The Hall–Kier alpha value is -2.74. The third kappa shape index (κ3) is 5.80. The molecule has 2 fully saturated rings. The van der Waals surface area contributed by atoms with Gasteiger partial charge in [0.15, 0.2) is 0 Å². The average molecular weight is 525 g/mol. The smallest absolute Gasteiger partial charge is 0.327 e. The lowest BCUT2D eigenvalue weighted by atomic mass is 9.80. The van der Waals surface area contributed by atoms with Crippen LogP contribution in [0, 0.1) is 5.92 Å². The number of methoxy groups -OCH3 is 2. The van der Waals surface area contributed by atoms with Crippen LogP contribution in [0.15, 0.2) is 24.4 Å². The summed E-state index contributed by atoms with van der Waals surface area (Å²) in [5, 5.41) is 3.38. The van der Waals surface area contributed by atoms with Gasteiger partial charge in [-0.25, -0.2) is 14.2 Å². The molecule has 0 amide bonds. The Balaban J connectivity index is 1.16. The van der Waals surface area contributed by atoms with Crippen LogP contribution in [0.1, 0.15) is 85.8 Å². The van der Waals surface area contributed by atoms with E-state index in [0.717, 1.165) is 92.0 Å². The maximum Gasteiger partial charge on any atom is 0.327 e. The van der Waals surface area contributed by atoms with E-state index in [0.29, 0.717) is 25.4 Å². The van der Waals surface area contributed by atoms with Gasteiger partial charge in [0.25, 0.3) is 0 Å². The van der Waals surface area contributed by atoms with Gasteiger partial charge in [0.05, 0.1) is 14.2 Å². The minimum atomic E-state index is -0.883. The zero-order valence-corrected chi connectivity index (χ0v) is 22.8. The van der Waals surface area contributed by atoms with Gasteiger partial charge in [0.1, 0.15) is 23.8 Å². The van der Waals surface area contributed by atoms with Crippen LogP contribution in [0.5, 0.6) is 5.75 Å². The molecule has 0 aromatic carbocycles. The Morgan fingerprint density at radius 3 is 2.87 bits per heavy atom. The number of pyridine rings is 2. The summed E-state index contributed by atoms with van der Waals surface area (Å²) in [6, 6.07) is 5.42. The van der Waals surface area contributed by atoms with E-state index in [4.69, 9.17) is 14.5 Å². The summed E-state index contributed by atoms with van der Waals surface area (Å²) in [5.41, 5.74) is 4.10. The van der Waals surface area contributed by atoms with Gasteiger partial charge in [-0.05, 0) is 64.0 Å². The molecule has 3 aliphatic rings.